The van der Waals surface area contributed by atoms with E-state index in [-0.39, 0.29) is 23.3 Å². The summed E-state index contributed by atoms with van der Waals surface area (Å²) in [7, 11) is 0. The Morgan fingerprint density at radius 1 is 0.929 bits per heavy atom. The van der Waals surface area contributed by atoms with Crippen LogP contribution in [0.25, 0.3) is 10.9 Å². The molecule has 0 bridgehead atoms. The Morgan fingerprint density at radius 3 is 2.25 bits per heavy atom. The number of hydrogen-bond donors (Lipinski definition) is 2. The van der Waals surface area contributed by atoms with E-state index in [1.807, 2.05) is 49.4 Å². The molecular formula is C22H25N3O2S. The van der Waals surface area contributed by atoms with E-state index in [1.54, 1.807) is 0 Å². The van der Waals surface area contributed by atoms with Gasteiger partial charge in [0, 0.05) is 35.0 Å². The average molecular weight is 396 g/mol. The third kappa shape index (κ3) is 5.39. The fourth-order valence-electron chi connectivity index (χ4n) is 2.98. The molecule has 2 aromatic carbocycles. The Labute approximate surface area is 169 Å². The van der Waals surface area contributed by atoms with E-state index in [2.05, 4.69) is 34.4 Å². The summed E-state index contributed by atoms with van der Waals surface area (Å²) in [5, 5.41) is 6.84. The fraction of sp³-hybridized carbons (Fsp3) is 0.273. The minimum atomic E-state index is -0.111. The van der Waals surface area contributed by atoms with E-state index in [0.29, 0.717) is 0 Å². The van der Waals surface area contributed by atoms with Gasteiger partial charge in [-0.1, -0.05) is 24.6 Å². The van der Waals surface area contributed by atoms with Crippen molar-refractivity contribution >= 4 is 45.9 Å². The third-order valence-corrected chi connectivity index (χ3v) is 5.25. The molecule has 2 amide bonds. The van der Waals surface area contributed by atoms with Crippen LogP contribution < -0.4 is 10.6 Å². The molecule has 5 nitrogen and oxygen atoms in total. The molecule has 1 heterocycles. The summed E-state index contributed by atoms with van der Waals surface area (Å²) in [4.78, 5) is 24.1. The van der Waals surface area contributed by atoms with Crippen molar-refractivity contribution in [2.75, 3.05) is 22.1 Å². The molecule has 0 saturated heterocycles. The van der Waals surface area contributed by atoms with Gasteiger partial charge in [-0.15, -0.1) is 11.8 Å². The first-order valence-corrected chi connectivity index (χ1v) is 10.5. The van der Waals surface area contributed by atoms with Crippen LogP contribution in [0, 0.1) is 6.92 Å². The van der Waals surface area contributed by atoms with Crippen molar-refractivity contribution in [3.8, 4) is 0 Å². The minimum Gasteiger partial charge on any atom is -0.347 e. The lowest BCUT2D eigenvalue weighted by Gasteiger charge is -2.08. The van der Waals surface area contributed by atoms with E-state index in [4.69, 9.17) is 0 Å². The van der Waals surface area contributed by atoms with Gasteiger partial charge in [0.1, 0.15) is 0 Å². The van der Waals surface area contributed by atoms with Crippen LogP contribution in [-0.4, -0.2) is 27.9 Å². The van der Waals surface area contributed by atoms with E-state index in [0.717, 1.165) is 35.3 Å². The van der Waals surface area contributed by atoms with Gasteiger partial charge in [-0.25, -0.2) is 0 Å². The predicted molar refractivity (Wildman–Crippen MR) is 118 cm³/mol. The number of rotatable bonds is 8. The number of amides is 2. The quantitative estimate of drug-likeness (QED) is 0.583. The lowest BCUT2D eigenvalue weighted by molar-refractivity contribution is -0.114. The topological polar surface area (TPSA) is 63.1 Å². The summed E-state index contributed by atoms with van der Waals surface area (Å²) in [5.74, 6) is 0.247. The molecule has 0 radical (unpaired) electrons. The molecule has 146 valence electrons. The zero-order valence-electron chi connectivity index (χ0n) is 16.2. The number of fused-ring (bicyclic) bond motifs is 1. The predicted octanol–water partition coefficient (Wildman–Crippen LogP) is 4.67. The average Bonchev–Trinajstić information content (AvgIpc) is 3.06. The molecular weight excluding hydrogens is 370 g/mol. The molecule has 0 atom stereocenters. The van der Waals surface area contributed by atoms with Gasteiger partial charge >= 0.3 is 0 Å². The highest BCUT2D eigenvalue weighted by Gasteiger charge is 2.08. The molecule has 0 aliphatic rings. The van der Waals surface area contributed by atoms with Crippen LogP contribution in [0.1, 0.15) is 18.9 Å². The Kier molecular flexibility index (Phi) is 6.76. The maximum absolute atomic E-state index is 12.2. The smallest absolute Gasteiger partial charge is 0.234 e. The van der Waals surface area contributed by atoms with E-state index in [1.165, 1.54) is 17.3 Å². The Morgan fingerprint density at radius 2 is 1.57 bits per heavy atom. The van der Waals surface area contributed by atoms with Crippen LogP contribution in [0.5, 0.6) is 0 Å². The molecule has 0 aliphatic carbocycles. The Balaban J connectivity index is 1.45. The molecule has 1 aromatic heterocycles. The third-order valence-electron chi connectivity index (χ3n) is 4.32. The minimum absolute atomic E-state index is 0.111. The zero-order chi connectivity index (χ0) is 19.9. The zero-order valence-corrected chi connectivity index (χ0v) is 17.0. The first-order chi connectivity index (χ1) is 13.5. The number of thioether (sulfide) groups is 1. The second-order valence-electron chi connectivity index (χ2n) is 6.74. The van der Waals surface area contributed by atoms with E-state index >= 15 is 0 Å². The van der Waals surface area contributed by atoms with Crippen LogP contribution in [0.2, 0.25) is 0 Å². The van der Waals surface area contributed by atoms with Crippen molar-refractivity contribution < 1.29 is 9.59 Å². The second-order valence-corrected chi connectivity index (χ2v) is 7.72. The van der Waals surface area contributed by atoms with Gasteiger partial charge in [0.25, 0.3) is 0 Å². The Hall–Kier alpha value is -2.73. The van der Waals surface area contributed by atoms with Gasteiger partial charge in [-0.2, -0.15) is 0 Å². The second kappa shape index (κ2) is 9.46. The maximum Gasteiger partial charge on any atom is 0.234 e. The van der Waals surface area contributed by atoms with Crippen molar-refractivity contribution in [3.05, 3.63) is 60.3 Å². The van der Waals surface area contributed by atoms with Crippen molar-refractivity contribution in [1.29, 1.82) is 0 Å². The molecule has 0 saturated carbocycles. The van der Waals surface area contributed by atoms with Crippen LogP contribution in [0.15, 0.2) is 54.7 Å². The number of benzene rings is 2. The first-order valence-electron chi connectivity index (χ1n) is 9.38. The molecule has 0 aliphatic heterocycles. The number of carbonyl (C=O) groups is 2. The van der Waals surface area contributed by atoms with E-state index < -0.39 is 0 Å². The number of aromatic nitrogens is 1. The van der Waals surface area contributed by atoms with Gasteiger partial charge in [0.05, 0.1) is 11.5 Å². The molecule has 28 heavy (non-hydrogen) atoms. The molecule has 0 unspecified atom stereocenters. The highest BCUT2D eigenvalue weighted by atomic mass is 32.2. The molecule has 2 N–H and O–H groups in total. The summed E-state index contributed by atoms with van der Waals surface area (Å²) < 4.78 is 2.21. The van der Waals surface area contributed by atoms with Crippen molar-refractivity contribution in [2.45, 2.75) is 26.8 Å². The van der Waals surface area contributed by atoms with E-state index in [9.17, 15) is 9.59 Å². The summed E-state index contributed by atoms with van der Waals surface area (Å²) in [6.45, 7) is 5.13. The summed E-state index contributed by atoms with van der Waals surface area (Å²) >= 11 is 1.30. The first kappa shape index (κ1) is 20.0. The lowest BCUT2D eigenvalue weighted by Crippen LogP contribution is -2.18. The van der Waals surface area contributed by atoms with Crippen molar-refractivity contribution in [2.24, 2.45) is 0 Å². The van der Waals surface area contributed by atoms with Crippen molar-refractivity contribution in [1.82, 2.24) is 4.57 Å². The summed E-state index contributed by atoms with van der Waals surface area (Å²) in [6.07, 6.45) is 3.15. The number of carbonyl (C=O) groups excluding carboxylic acids is 2. The molecule has 0 fully saturated rings. The van der Waals surface area contributed by atoms with Gasteiger partial charge in [0.2, 0.25) is 11.8 Å². The lowest BCUT2D eigenvalue weighted by atomic mass is 10.2. The normalized spacial score (nSPS) is 10.8. The van der Waals surface area contributed by atoms with Crippen LogP contribution in [0.3, 0.4) is 0 Å². The van der Waals surface area contributed by atoms with Crippen LogP contribution >= 0.6 is 11.8 Å². The molecule has 0 spiro atoms. The monoisotopic (exact) mass is 395 g/mol. The maximum atomic E-state index is 12.2. The van der Waals surface area contributed by atoms with Gasteiger partial charge in [-0.3, -0.25) is 9.59 Å². The standard InChI is InChI=1S/C22H25N3O2S/c1-3-11-25-12-10-17-13-19(8-9-20(17)25)24-22(27)15-28-14-21(26)23-18-6-4-16(2)5-7-18/h4-10,12-13H,3,11,14-15H2,1-2H3,(H,23,26)(H,24,27). The van der Waals surface area contributed by atoms with Gasteiger partial charge in [0.15, 0.2) is 0 Å². The highest BCUT2D eigenvalue weighted by Crippen LogP contribution is 2.21. The fourth-order valence-corrected chi connectivity index (χ4v) is 3.60. The van der Waals surface area contributed by atoms with Crippen LogP contribution in [-0.2, 0) is 16.1 Å². The molecule has 6 heteroatoms. The van der Waals surface area contributed by atoms with Gasteiger partial charge < -0.3 is 15.2 Å². The Bertz CT molecular complexity index is 964. The number of nitrogens with zero attached hydrogens (tertiary/aromatic N) is 1. The summed E-state index contributed by atoms with van der Waals surface area (Å²) in [5.41, 5.74) is 3.85. The summed E-state index contributed by atoms with van der Waals surface area (Å²) in [6, 6.07) is 15.6. The molecule has 3 rings (SSSR count). The number of anilines is 2. The van der Waals surface area contributed by atoms with Crippen LogP contribution in [0.4, 0.5) is 11.4 Å². The van der Waals surface area contributed by atoms with Gasteiger partial charge in [-0.05, 0) is 49.7 Å². The number of nitrogens with one attached hydrogen (secondary N) is 2. The number of aryl methyl sites for hydroxylation is 2. The largest absolute Gasteiger partial charge is 0.347 e. The van der Waals surface area contributed by atoms with Crippen molar-refractivity contribution in [3.63, 3.8) is 0 Å². The SMILES string of the molecule is CCCn1ccc2cc(NC(=O)CSCC(=O)Nc3ccc(C)cc3)ccc21. The highest BCUT2D eigenvalue weighted by molar-refractivity contribution is 8.00. The molecule has 3 aromatic rings. The number of hydrogen-bond acceptors (Lipinski definition) is 3.